The SMILES string of the molecule is Cc1ccc(S(=O)(=O)N[C@H](CSSCc2ccccc2)C(C)(C)C)cc1. The molecule has 0 saturated carbocycles. The maximum absolute atomic E-state index is 12.7. The van der Waals surface area contributed by atoms with E-state index in [0.717, 1.165) is 11.3 Å². The molecule has 0 heterocycles. The van der Waals surface area contributed by atoms with Gasteiger partial charge in [-0.25, -0.2) is 13.1 Å². The Morgan fingerprint density at radius 2 is 1.58 bits per heavy atom. The van der Waals surface area contributed by atoms with Crippen molar-refractivity contribution in [1.82, 2.24) is 4.72 Å². The van der Waals surface area contributed by atoms with Gasteiger partial charge in [-0.1, -0.05) is 90.4 Å². The van der Waals surface area contributed by atoms with Crippen LogP contribution in [0, 0.1) is 12.3 Å². The van der Waals surface area contributed by atoms with Gasteiger partial charge in [-0.3, -0.25) is 0 Å². The number of hydrogen-bond donors (Lipinski definition) is 1. The Morgan fingerprint density at radius 1 is 0.962 bits per heavy atom. The molecule has 0 unspecified atom stereocenters. The first-order chi connectivity index (χ1) is 12.2. The molecule has 1 atom stereocenters. The van der Waals surface area contributed by atoms with Gasteiger partial charge in [0.05, 0.1) is 4.90 Å². The summed E-state index contributed by atoms with van der Waals surface area (Å²) >= 11 is 0. The molecule has 0 aliphatic carbocycles. The van der Waals surface area contributed by atoms with E-state index in [9.17, 15) is 8.42 Å². The Morgan fingerprint density at radius 3 is 2.15 bits per heavy atom. The van der Waals surface area contributed by atoms with E-state index in [1.165, 1.54) is 5.56 Å². The highest BCUT2D eigenvalue weighted by molar-refractivity contribution is 8.76. The second kappa shape index (κ2) is 9.31. The fourth-order valence-electron chi connectivity index (χ4n) is 2.23. The zero-order chi connectivity index (χ0) is 19.2. The largest absolute Gasteiger partial charge is 0.240 e. The van der Waals surface area contributed by atoms with Crippen LogP contribution in [0.25, 0.3) is 0 Å². The zero-order valence-corrected chi connectivity index (χ0v) is 18.2. The molecular formula is C20H27NO2S3. The van der Waals surface area contributed by atoms with Crippen molar-refractivity contribution in [2.24, 2.45) is 5.41 Å². The van der Waals surface area contributed by atoms with Crippen LogP contribution in [0.1, 0.15) is 31.9 Å². The van der Waals surface area contributed by atoms with Gasteiger partial charge in [0.1, 0.15) is 0 Å². The molecule has 0 aliphatic heterocycles. The smallest absolute Gasteiger partial charge is 0.207 e. The van der Waals surface area contributed by atoms with Crippen LogP contribution in [0.15, 0.2) is 59.5 Å². The Kier molecular flexibility index (Phi) is 7.64. The van der Waals surface area contributed by atoms with E-state index in [1.54, 1.807) is 33.7 Å². The van der Waals surface area contributed by atoms with Crippen LogP contribution in [0.4, 0.5) is 0 Å². The molecule has 0 saturated heterocycles. The van der Waals surface area contributed by atoms with Crippen LogP contribution in [0.5, 0.6) is 0 Å². The van der Waals surface area contributed by atoms with E-state index in [2.05, 4.69) is 37.6 Å². The van der Waals surface area contributed by atoms with Gasteiger partial charge in [0.15, 0.2) is 0 Å². The minimum Gasteiger partial charge on any atom is -0.207 e. The number of nitrogens with one attached hydrogen (secondary N) is 1. The first kappa shape index (κ1) is 21.4. The first-order valence-corrected chi connectivity index (χ1v) is 12.5. The summed E-state index contributed by atoms with van der Waals surface area (Å²) in [4.78, 5) is 0.319. The molecule has 6 heteroatoms. The van der Waals surface area contributed by atoms with Gasteiger partial charge in [-0.2, -0.15) is 0 Å². The maximum atomic E-state index is 12.7. The van der Waals surface area contributed by atoms with Crippen molar-refractivity contribution in [3.8, 4) is 0 Å². The number of benzene rings is 2. The van der Waals surface area contributed by atoms with Gasteiger partial charge in [0.2, 0.25) is 10.0 Å². The zero-order valence-electron chi connectivity index (χ0n) is 15.7. The highest BCUT2D eigenvalue weighted by atomic mass is 33.1. The van der Waals surface area contributed by atoms with Crippen molar-refractivity contribution >= 4 is 31.6 Å². The number of aryl methyl sites for hydroxylation is 1. The van der Waals surface area contributed by atoms with Crippen molar-refractivity contribution in [3.63, 3.8) is 0 Å². The van der Waals surface area contributed by atoms with E-state index in [1.807, 2.05) is 37.3 Å². The molecule has 26 heavy (non-hydrogen) atoms. The Bertz CT molecular complexity index is 782. The molecule has 0 amide bonds. The summed E-state index contributed by atoms with van der Waals surface area (Å²) in [5.74, 6) is 1.62. The lowest BCUT2D eigenvalue weighted by molar-refractivity contribution is 0.322. The molecule has 3 nitrogen and oxygen atoms in total. The molecular weight excluding hydrogens is 382 g/mol. The van der Waals surface area contributed by atoms with Crippen LogP contribution < -0.4 is 4.72 Å². The summed E-state index contributed by atoms with van der Waals surface area (Å²) in [6, 6.07) is 17.1. The highest BCUT2D eigenvalue weighted by Crippen LogP contribution is 2.31. The fourth-order valence-corrected chi connectivity index (χ4v) is 6.36. The topological polar surface area (TPSA) is 46.2 Å². The molecule has 0 fully saturated rings. The fraction of sp³-hybridized carbons (Fsp3) is 0.400. The van der Waals surface area contributed by atoms with Gasteiger partial charge in [0, 0.05) is 17.5 Å². The molecule has 1 N–H and O–H groups in total. The van der Waals surface area contributed by atoms with Gasteiger partial charge in [-0.05, 0) is 30.0 Å². The number of rotatable bonds is 8. The molecule has 0 radical (unpaired) electrons. The summed E-state index contributed by atoms with van der Waals surface area (Å²) in [5, 5.41) is 0. The van der Waals surface area contributed by atoms with Crippen LogP contribution >= 0.6 is 21.6 Å². The van der Waals surface area contributed by atoms with Crippen molar-refractivity contribution < 1.29 is 8.42 Å². The van der Waals surface area contributed by atoms with Crippen molar-refractivity contribution in [2.75, 3.05) is 5.75 Å². The quantitative estimate of drug-likeness (QED) is 0.476. The van der Waals surface area contributed by atoms with E-state index < -0.39 is 10.0 Å². The summed E-state index contributed by atoms with van der Waals surface area (Å²) in [6.07, 6.45) is 0. The van der Waals surface area contributed by atoms with E-state index in [-0.39, 0.29) is 11.5 Å². The van der Waals surface area contributed by atoms with Crippen LogP contribution in [-0.2, 0) is 15.8 Å². The van der Waals surface area contributed by atoms with E-state index in [4.69, 9.17) is 0 Å². The molecule has 2 aromatic carbocycles. The summed E-state index contributed by atoms with van der Waals surface area (Å²) in [6.45, 7) is 8.15. The molecule has 0 spiro atoms. The van der Waals surface area contributed by atoms with E-state index in [0.29, 0.717) is 10.6 Å². The average molecular weight is 410 g/mol. The first-order valence-electron chi connectivity index (χ1n) is 8.56. The lowest BCUT2D eigenvalue weighted by Crippen LogP contribution is -2.45. The standard InChI is InChI=1S/C20H27NO2S3/c1-16-10-12-18(13-11-16)26(22,23)21-19(20(2,3)4)15-25-24-14-17-8-6-5-7-9-17/h5-13,19,21H,14-15H2,1-4H3/t19-/m1/s1. The van der Waals surface area contributed by atoms with Crippen LogP contribution in [0.2, 0.25) is 0 Å². The molecule has 0 aromatic heterocycles. The second-order valence-electron chi connectivity index (χ2n) is 7.39. The third kappa shape index (κ3) is 6.65. The number of sulfonamides is 1. The second-order valence-corrected chi connectivity index (χ2v) is 11.6. The Labute approximate surface area is 165 Å². The van der Waals surface area contributed by atoms with Gasteiger partial charge in [0.25, 0.3) is 0 Å². The molecule has 2 aromatic rings. The van der Waals surface area contributed by atoms with E-state index >= 15 is 0 Å². The van der Waals surface area contributed by atoms with Crippen molar-refractivity contribution in [2.45, 2.75) is 44.4 Å². The molecule has 0 bridgehead atoms. The average Bonchev–Trinajstić information content (AvgIpc) is 2.58. The summed E-state index contributed by atoms with van der Waals surface area (Å²) < 4.78 is 28.4. The molecule has 0 aliphatic rings. The van der Waals surface area contributed by atoms with Crippen LogP contribution in [-0.4, -0.2) is 20.2 Å². The third-order valence-electron chi connectivity index (χ3n) is 4.06. The summed E-state index contributed by atoms with van der Waals surface area (Å²) in [7, 11) is -0.0538. The predicted molar refractivity (Wildman–Crippen MR) is 115 cm³/mol. The minimum absolute atomic E-state index is 0.151. The maximum Gasteiger partial charge on any atom is 0.240 e. The number of hydrogen-bond acceptors (Lipinski definition) is 4. The highest BCUT2D eigenvalue weighted by Gasteiger charge is 2.29. The Hall–Kier alpha value is -0.950. The van der Waals surface area contributed by atoms with Crippen LogP contribution in [0.3, 0.4) is 0 Å². The monoisotopic (exact) mass is 409 g/mol. The third-order valence-corrected chi connectivity index (χ3v) is 7.90. The summed E-state index contributed by atoms with van der Waals surface area (Å²) in [5.41, 5.74) is 2.15. The normalized spacial score (nSPS) is 13.5. The minimum atomic E-state index is -3.52. The Balaban J connectivity index is 1.97. The van der Waals surface area contributed by atoms with Gasteiger partial charge < -0.3 is 0 Å². The van der Waals surface area contributed by atoms with Gasteiger partial charge in [-0.15, -0.1) is 0 Å². The molecule has 2 rings (SSSR count). The lowest BCUT2D eigenvalue weighted by Gasteiger charge is -2.31. The molecule has 142 valence electrons. The van der Waals surface area contributed by atoms with Gasteiger partial charge >= 0.3 is 0 Å². The van der Waals surface area contributed by atoms with Crippen molar-refractivity contribution in [3.05, 3.63) is 65.7 Å². The lowest BCUT2D eigenvalue weighted by atomic mass is 9.89. The van der Waals surface area contributed by atoms with Crippen molar-refractivity contribution in [1.29, 1.82) is 0 Å². The predicted octanol–water partition coefficient (Wildman–Crippen LogP) is 5.27.